The van der Waals surface area contributed by atoms with E-state index in [9.17, 15) is 13.2 Å². The first-order valence-electron chi connectivity index (χ1n) is 8.35. The molecule has 0 bridgehead atoms. The number of urea groups is 1. The van der Waals surface area contributed by atoms with Gasteiger partial charge in [-0.05, 0) is 37.5 Å². The lowest BCUT2D eigenvalue weighted by Crippen LogP contribution is -2.36. The van der Waals surface area contributed by atoms with Crippen LogP contribution in [0.2, 0.25) is 0 Å². The molecule has 0 atom stereocenters. The van der Waals surface area contributed by atoms with Crippen molar-refractivity contribution in [2.24, 2.45) is 7.05 Å². The predicted molar refractivity (Wildman–Crippen MR) is 100 cm³/mol. The molecule has 1 aromatic carbocycles. The maximum Gasteiger partial charge on any atom is 0.322 e. The summed E-state index contributed by atoms with van der Waals surface area (Å²) in [4.78, 5) is 14.6. The molecular formula is C17H23N5O3S. The highest BCUT2D eigenvalue weighted by molar-refractivity contribution is 7.92. The van der Waals surface area contributed by atoms with Crippen molar-refractivity contribution in [3.8, 4) is 0 Å². The minimum Gasteiger partial charge on any atom is -0.317 e. The summed E-state index contributed by atoms with van der Waals surface area (Å²) in [6.07, 6.45) is 6.72. The normalized spacial score (nSPS) is 14.1. The fourth-order valence-corrected chi connectivity index (χ4v) is 3.28. The van der Waals surface area contributed by atoms with Gasteiger partial charge in [0.2, 0.25) is 10.0 Å². The van der Waals surface area contributed by atoms with Crippen molar-refractivity contribution < 1.29 is 13.2 Å². The zero-order valence-electron chi connectivity index (χ0n) is 15.1. The third-order valence-electron chi connectivity index (χ3n) is 4.14. The molecule has 0 unspecified atom stereocenters. The van der Waals surface area contributed by atoms with Crippen LogP contribution in [0.25, 0.3) is 0 Å². The Balaban J connectivity index is 1.75. The van der Waals surface area contributed by atoms with Gasteiger partial charge in [0.15, 0.2) is 0 Å². The lowest BCUT2D eigenvalue weighted by atomic mass is 10.2. The molecule has 1 fully saturated rings. The molecule has 0 spiro atoms. The van der Waals surface area contributed by atoms with Crippen LogP contribution in [0, 0.1) is 6.92 Å². The van der Waals surface area contributed by atoms with E-state index in [1.54, 1.807) is 34.0 Å². The Morgan fingerprint density at radius 1 is 1.38 bits per heavy atom. The van der Waals surface area contributed by atoms with Crippen molar-refractivity contribution in [3.63, 3.8) is 0 Å². The van der Waals surface area contributed by atoms with Crippen LogP contribution >= 0.6 is 0 Å². The van der Waals surface area contributed by atoms with Gasteiger partial charge >= 0.3 is 6.03 Å². The molecule has 1 aromatic heterocycles. The van der Waals surface area contributed by atoms with Gasteiger partial charge in [-0.2, -0.15) is 5.10 Å². The molecule has 8 nitrogen and oxygen atoms in total. The van der Waals surface area contributed by atoms with Crippen molar-refractivity contribution in [2.45, 2.75) is 32.4 Å². The molecular weight excluding hydrogens is 354 g/mol. The maximum absolute atomic E-state index is 12.8. The predicted octanol–water partition coefficient (Wildman–Crippen LogP) is 2.30. The molecule has 26 heavy (non-hydrogen) atoms. The first-order chi connectivity index (χ1) is 12.2. The number of carbonyl (C=O) groups is 1. The summed E-state index contributed by atoms with van der Waals surface area (Å²) in [6, 6.07) is 5.10. The van der Waals surface area contributed by atoms with E-state index in [-0.39, 0.29) is 12.1 Å². The van der Waals surface area contributed by atoms with Gasteiger partial charge in [-0.3, -0.25) is 9.40 Å². The Hall–Kier alpha value is -2.55. The molecule has 3 rings (SSSR count). The highest BCUT2D eigenvalue weighted by atomic mass is 32.2. The zero-order chi connectivity index (χ0) is 18.9. The number of benzene rings is 1. The van der Waals surface area contributed by atoms with Crippen LogP contribution in [-0.2, 0) is 23.6 Å². The molecule has 0 saturated heterocycles. The van der Waals surface area contributed by atoms with Crippen LogP contribution in [-0.4, -0.2) is 41.4 Å². The third kappa shape index (κ3) is 4.75. The molecule has 1 aliphatic carbocycles. The van der Waals surface area contributed by atoms with Gasteiger partial charge in [0.1, 0.15) is 0 Å². The summed E-state index contributed by atoms with van der Waals surface area (Å²) in [5.74, 6) is 0. The molecule has 9 heteroatoms. The number of aromatic nitrogens is 2. The van der Waals surface area contributed by atoms with Crippen LogP contribution in [0.15, 0.2) is 30.6 Å². The molecule has 140 valence electrons. The number of nitrogens with zero attached hydrogens (tertiary/aromatic N) is 3. The molecule has 1 saturated carbocycles. The van der Waals surface area contributed by atoms with E-state index in [0.717, 1.165) is 30.2 Å². The average Bonchev–Trinajstić information content (AvgIpc) is 3.29. The van der Waals surface area contributed by atoms with E-state index < -0.39 is 10.0 Å². The number of nitrogens with one attached hydrogen (secondary N) is 2. The number of aryl methyl sites for hydroxylation is 2. The highest BCUT2D eigenvalue weighted by Gasteiger charge is 2.33. The van der Waals surface area contributed by atoms with Crippen LogP contribution in [0.5, 0.6) is 0 Å². The highest BCUT2D eigenvalue weighted by Crippen LogP contribution is 2.30. The zero-order valence-corrected chi connectivity index (χ0v) is 15.9. The summed E-state index contributed by atoms with van der Waals surface area (Å²) in [7, 11) is -1.53. The van der Waals surface area contributed by atoms with Gasteiger partial charge in [0.05, 0.1) is 24.7 Å². The first kappa shape index (κ1) is 18.2. The Kier molecular flexibility index (Phi) is 4.90. The Morgan fingerprint density at radius 2 is 2.12 bits per heavy atom. The number of hydrogen-bond donors (Lipinski definition) is 2. The summed E-state index contributed by atoms with van der Waals surface area (Å²) in [5, 5.41) is 7.06. The van der Waals surface area contributed by atoms with Crippen molar-refractivity contribution in [1.82, 2.24) is 14.7 Å². The molecule has 0 radical (unpaired) electrons. The van der Waals surface area contributed by atoms with Gasteiger partial charge in [-0.15, -0.1) is 0 Å². The van der Waals surface area contributed by atoms with E-state index in [4.69, 9.17) is 0 Å². The van der Waals surface area contributed by atoms with Gasteiger partial charge in [-0.1, -0.05) is 6.07 Å². The topological polar surface area (TPSA) is 96.3 Å². The van der Waals surface area contributed by atoms with E-state index in [1.165, 1.54) is 0 Å². The summed E-state index contributed by atoms with van der Waals surface area (Å²) >= 11 is 0. The van der Waals surface area contributed by atoms with Gasteiger partial charge in [-0.25, -0.2) is 13.2 Å². The van der Waals surface area contributed by atoms with Gasteiger partial charge < -0.3 is 10.2 Å². The SMILES string of the molecule is Cc1ccc(NS(C)(=O)=O)cc1NC(=O)N(Cc1cnn(C)c1)C1CC1. The lowest BCUT2D eigenvalue weighted by molar-refractivity contribution is 0.206. The number of amides is 2. The fraction of sp³-hybridized carbons (Fsp3) is 0.412. The van der Waals surface area contributed by atoms with Crippen LogP contribution in [0.3, 0.4) is 0 Å². The molecule has 2 N–H and O–H groups in total. The largest absolute Gasteiger partial charge is 0.322 e. The van der Waals surface area contributed by atoms with Gasteiger partial charge in [0.25, 0.3) is 0 Å². The van der Waals surface area contributed by atoms with Crippen molar-refractivity contribution in [2.75, 3.05) is 16.3 Å². The molecule has 0 aliphatic heterocycles. The second-order valence-corrected chi connectivity index (χ2v) is 8.46. The van der Waals surface area contributed by atoms with E-state index >= 15 is 0 Å². The summed E-state index contributed by atoms with van der Waals surface area (Å²) < 4.78 is 27.0. The van der Waals surface area contributed by atoms with Crippen molar-refractivity contribution in [3.05, 3.63) is 41.7 Å². The Morgan fingerprint density at radius 3 is 2.69 bits per heavy atom. The monoisotopic (exact) mass is 377 g/mol. The number of carbonyl (C=O) groups excluding carboxylic acids is 1. The lowest BCUT2D eigenvalue weighted by Gasteiger charge is -2.23. The first-order valence-corrected chi connectivity index (χ1v) is 10.2. The standard InChI is InChI=1S/C17H23N5O3S/c1-12-4-5-14(20-26(3,24)25)8-16(12)19-17(23)22(15-6-7-15)11-13-9-18-21(2)10-13/h4-5,8-10,15,20H,6-7,11H2,1-3H3,(H,19,23). The maximum atomic E-state index is 12.8. The smallest absolute Gasteiger partial charge is 0.317 e. The van der Waals surface area contributed by atoms with Crippen molar-refractivity contribution >= 4 is 27.4 Å². The second-order valence-electron chi connectivity index (χ2n) is 6.72. The Bertz CT molecular complexity index is 918. The number of sulfonamides is 1. The molecule has 2 amide bonds. The summed E-state index contributed by atoms with van der Waals surface area (Å²) in [5.41, 5.74) is 2.83. The van der Waals surface area contributed by atoms with Crippen molar-refractivity contribution in [1.29, 1.82) is 0 Å². The minimum absolute atomic E-state index is 0.198. The van der Waals surface area contributed by atoms with Crippen LogP contribution < -0.4 is 10.0 Å². The number of anilines is 2. The summed E-state index contributed by atoms with van der Waals surface area (Å²) in [6.45, 7) is 2.35. The second kappa shape index (κ2) is 6.99. The van der Waals surface area contributed by atoms with E-state index in [2.05, 4.69) is 15.1 Å². The van der Waals surface area contributed by atoms with Crippen LogP contribution in [0.1, 0.15) is 24.0 Å². The average molecular weight is 377 g/mol. The molecule has 1 heterocycles. The van der Waals surface area contributed by atoms with E-state index in [1.807, 2.05) is 20.2 Å². The number of rotatable bonds is 6. The molecule has 1 aliphatic rings. The quantitative estimate of drug-likeness (QED) is 0.807. The molecule has 2 aromatic rings. The third-order valence-corrected chi connectivity index (χ3v) is 4.75. The minimum atomic E-state index is -3.38. The Labute approximate surface area is 153 Å². The fourth-order valence-electron chi connectivity index (χ4n) is 2.72. The van der Waals surface area contributed by atoms with E-state index in [0.29, 0.717) is 17.9 Å². The van der Waals surface area contributed by atoms with Gasteiger partial charge in [0, 0.05) is 30.5 Å². The number of hydrogen-bond acceptors (Lipinski definition) is 4. The van der Waals surface area contributed by atoms with Crippen LogP contribution in [0.4, 0.5) is 16.2 Å².